The summed E-state index contributed by atoms with van der Waals surface area (Å²) in [6.07, 6.45) is 10.8. The normalized spacial score (nSPS) is 15.4. The molecule has 0 radical (unpaired) electrons. The van der Waals surface area contributed by atoms with Crippen LogP contribution in [0, 0.1) is 24.2 Å². The molecule has 13 nitrogen and oxygen atoms in total. The number of amides is 5. The molecule has 2 aromatic rings. The third kappa shape index (κ3) is 14.3. The molecule has 6 N–H and O–H groups in total. The molecule has 1 aliphatic carbocycles. The Labute approximate surface area is 326 Å². The average molecular weight is 761 g/mol. The minimum Gasteiger partial charge on any atom is -0.457 e. The SMILES string of the molecule is C#CCNC(=O)C(CO)NC(=O)C(CCCCN(CC)CC)NC(=O)C(NC(=O)C(NC(=O)c1ccc(Oc2ccccc2)cc1)C1CCCC1)C(C)CC. The van der Waals surface area contributed by atoms with E-state index >= 15 is 0 Å². The lowest BCUT2D eigenvalue weighted by Crippen LogP contribution is -2.60. The highest BCUT2D eigenvalue weighted by molar-refractivity contribution is 5.99. The quantitative estimate of drug-likeness (QED) is 0.0737. The van der Waals surface area contributed by atoms with Crippen LogP contribution < -0.4 is 31.3 Å². The van der Waals surface area contributed by atoms with Gasteiger partial charge in [-0.2, -0.15) is 0 Å². The first kappa shape index (κ1) is 44.5. The molecule has 1 aliphatic rings. The van der Waals surface area contributed by atoms with E-state index in [2.05, 4.69) is 51.3 Å². The van der Waals surface area contributed by atoms with E-state index in [1.807, 2.05) is 44.2 Å². The van der Waals surface area contributed by atoms with Gasteiger partial charge in [0.05, 0.1) is 13.2 Å². The van der Waals surface area contributed by atoms with Crippen molar-refractivity contribution in [3.63, 3.8) is 0 Å². The second-order valence-electron chi connectivity index (χ2n) is 14.1. The van der Waals surface area contributed by atoms with Crippen molar-refractivity contribution in [3.05, 3.63) is 60.2 Å². The number of aliphatic hydroxyl groups is 1. The van der Waals surface area contributed by atoms with Crippen LogP contribution in [0.3, 0.4) is 0 Å². The summed E-state index contributed by atoms with van der Waals surface area (Å²) in [5.74, 6) is 0.306. The van der Waals surface area contributed by atoms with Crippen molar-refractivity contribution < 1.29 is 33.8 Å². The highest BCUT2D eigenvalue weighted by Gasteiger charge is 2.37. The number of hydrogen-bond acceptors (Lipinski definition) is 8. The van der Waals surface area contributed by atoms with Gasteiger partial charge in [0.15, 0.2) is 0 Å². The molecule has 2 aromatic carbocycles. The Morgan fingerprint density at radius 2 is 1.45 bits per heavy atom. The lowest BCUT2D eigenvalue weighted by atomic mass is 9.93. The summed E-state index contributed by atoms with van der Waals surface area (Å²) in [4.78, 5) is 70.0. The van der Waals surface area contributed by atoms with Gasteiger partial charge in [0, 0.05) is 5.56 Å². The Balaban J connectivity index is 1.77. The average Bonchev–Trinajstić information content (AvgIpc) is 3.74. The first-order valence-corrected chi connectivity index (χ1v) is 19.6. The fourth-order valence-electron chi connectivity index (χ4n) is 6.64. The van der Waals surface area contributed by atoms with Gasteiger partial charge in [-0.05, 0) is 100.0 Å². The first-order chi connectivity index (χ1) is 26.5. The van der Waals surface area contributed by atoms with Crippen molar-refractivity contribution in [3.8, 4) is 23.8 Å². The number of carbonyl (C=O) groups is 5. The molecule has 5 unspecified atom stereocenters. The largest absolute Gasteiger partial charge is 0.457 e. The van der Waals surface area contributed by atoms with Crippen LogP contribution in [0.5, 0.6) is 11.5 Å². The van der Waals surface area contributed by atoms with Crippen molar-refractivity contribution in [1.29, 1.82) is 0 Å². The van der Waals surface area contributed by atoms with Crippen molar-refractivity contribution in [2.75, 3.05) is 32.8 Å². The number of nitrogens with zero attached hydrogens (tertiary/aromatic N) is 1. The molecule has 1 fully saturated rings. The molecule has 0 saturated heterocycles. The fraction of sp³-hybridized carbons (Fsp3) is 0.548. The van der Waals surface area contributed by atoms with E-state index < -0.39 is 60.3 Å². The van der Waals surface area contributed by atoms with E-state index in [1.165, 1.54) is 0 Å². The predicted molar refractivity (Wildman–Crippen MR) is 212 cm³/mol. The summed E-state index contributed by atoms with van der Waals surface area (Å²) in [6.45, 7) is 9.72. The molecule has 5 atom stereocenters. The van der Waals surface area contributed by atoms with Gasteiger partial charge in [-0.3, -0.25) is 24.0 Å². The Morgan fingerprint density at radius 1 is 0.818 bits per heavy atom. The van der Waals surface area contributed by atoms with E-state index in [-0.39, 0.29) is 24.8 Å². The molecule has 0 aliphatic heterocycles. The molecule has 3 rings (SSSR count). The zero-order valence-corrected chi connectivity index (χ0v) is 32.8. The fourth-order valence-corrected chi connectivity index (χ4v) is 6.64. The summed E-state index contributed by atoms with van der Waals surface area (Å²) >= 11 is 0. The summed E-state index contributed by atoms with van der Waals surface area (Å²) in [5.41, 5.74) is 0.358. The van der Waals surface area contributed by atoms with E-state index in [9.17, 15) is 29.1 Å². The summed E-state index contributed by atoms with van der Waals surface area (Å²) < 4.78 is 5.85. The van der Waals surface area contributed by atoms with Gasteiger partial charge in [0.2, 0.25) is 23.6 Å². The highest BCUT2D eigenvalue weighted by Crippen LogP contribution is 2.29. The number of nitrogens with one attached hydrogen (secondary N) is 5. The predicted octanol–water partition coefficient (Wildman–Crippen LogP) is 3.52. The minimum absolute atomic E-state index is 0.0781. The number of unbranched alkanes of at least 4 members (excludes halogenated alkanes) is 1. The van der Waals surface area contributed by atoms with Crippen LogP contribution in [0.1, 0.15) is 89.4 Å². The molecule has 55 heavy (non-hydrogen) atoms. The van der Waals surface area contributed by atoms with E-state index in [0.717, 1.165) is 51.7 Å². The number of hydrogen-bond donors (Lipinski definition) is 6. The maximum atomic E-state index is 14.1. The lowest BCUT2D eigenvalue weighted by Gasteiger charge is -2.30. The van der Waals surface area contributed by atoms with E-state index in [4.69, 9.17) is 11.2 Å². The molecular weight excluding hydrogens is 700 g/mol. The topological polar surface area (TPSA) is 178 Å². The molecule has 1 saturated carbocycles. The Kier molecular flexibility index (Phi) is 19.2. The van der Waals surface area contributed by atoms with Gasteiger partial charge >= 0.3 is 0 Å². The van der Waals surface area contributed by atoms with Crippen LogP contribution in [0.15, 0.2) is 54.6 Å². The monoisotopic (exact) mass is 760 g/mol. The van der Waals surface area contributed by atoms with Crippen molar-refractivity contribution in [2.24, 2.45) is 11.8 Å². The van der Waals surface area contributed by atoms with Crippen LogP contribution in [0.4, 0.5) is 0 Å². The summed E-state index contributed by atoms with van der Waals surface area (Å²) in [5, 5.41) is 23.6. The third-order valence-electron chi connectivity index (χ3n) is 10.3. The standard InChI is InChI=1S/C42H60N6O7/c1-6-26-43-39(51)35(28-49)45-40(52)34(21-15-16-27-48(8-3)9-4)44-41(53)36(29(5)7-2)46-42(54)37(30-17-13-14-18-30)47-38(50)31-22-24-33(25-23-31)55-32-19-11-10-12-20-32/h1,10-12,19-20,22-25,29-30,34-37,49H,7-9,13-18,21,26-28H2,2-5H3,(H,43,51)(H,44,53)(H,45,52)(H,46,54)(H,47,50). The zero-order chi connectivity index (χ0) is 40.2. The maximum Gasteiger partial charge on any atom is 0.251 e. The molecular formula is C42H60N6O7. The maximum absolute atomic E-state index is 14.1. The van der Waals surface area contributed by atoms with Crippen LogP contribution in [0.25, 0.3) is 0 Å². The van der Waals surface area contributed by atoms with Crippen molar-refractivity contribution in [2.45, 2.75) is 103 Å². The lowest BCUT2D eigenvalue weighted by molar-refractivity contribution is -0.135. The van der Waals surface area contributed by atoms with Crippen molar-refractivity contribution >= 4 is 29.5 Å². The van der Waals surface area contributed by atoms with Gasteiger partial charge < -0.3 is 41.3 Å². The highest BCUT2D eigenvalue weighted by atomic mass is 16.5. The second kappa shape index (κ2) is 23.8. The number of carbonyl (C=O) groups excluding carboxylic acids is 5. The number of ether oxygens (including phenoxy) is 1. The third-order valence-corrected chi connectivity index (χ3v) is 10.3. The Morgan fingerprint density at radius 3 is 2.05 bits per heavy atom. The molecule has 5 amide bonds. The number of terminal acetylenes is 1. The van der Waals surface area contributed by atoms with Crippen LogP contribution in [-0.2, 0) is 19.2 Å². The zero-order valence-electron chi connectivity index (χ0n) is 32.8. The van der Waals surface area contributed by atoms with Gasteiger partial charge in [0.1, 0.15) is 35.7 Å². The number of rotatable bonds is 23. The minimum atomic E-state index is -1.27. The molecule has 300 valence electrons. The Hall–Kier alpha value is -4.93. The van der Waals surface area contributed by atoms with Crippen molar-refractivity contribution in [1.82, 2.24) is 31.5 Å². The summed E-state index contributed by atoms with van der Waals surface area (Å²) in [6, 6.07) is 11.7. The number of para-hydroxylation sites is 1. The summed E-state index contributed by atoms with van der Waals surface area (Å²) in [7, 11) is 0. The molecule has 0 aromatic heterocycles. The second-order valence-corrected chi connectivity index (χ2v) is 14.1. The first-order valence-electron chi connectivity index (χ1n) is 19.6. The van der Waals surface area contributed by atoms with Gasteiger partial charge in [-0.1, -0.05) is 71.1 Å². The number of benzene rings is 2. The molecule has 0 spiro atoms. The molecule has 0 heterocycles. The van der Waals surface area contributed by atoms with Gasteiger partial charge in [-0.25, -0.2) is 0 Å². The Bertz CT molecular complexity index is 1550. The number of aliphatic hydroxyl groups excluding tert-OH is 1. The van der Waals surface area contributed by atoms with E-state index in [0.29, 0.717) is 29.9 Å². The van der Waals surface area contributed by atoms with Crippen LogP contribution >= 0.6 is 0 Å². The van der Waals surface area contributed by atoms with Crippen LogP contribution in [-0.4, -0.2) is 96.5 Å². The molecule has 13 heteroatoms. The van der Waals surface area contributed by atoms with Gasteiger partial charge in [-0.15, -0.1) is 6.42 Å². The van der Waals surface area contributed by atoms with Crippen LogP contribution in [0.2, 0.25) is 0 Å². The molecule has 0 bridgehead atoms. The van der Waals surface area contributed by atoms with Gasteiger partial charge in [0.25, 0.3) is 5.91 Å². The van der Waals surface area contributed by atoms with E-state index in [1.54, 1.807) is 24.3 Å². The smallest absolute Gasteiger partial charge is 0.251 e.